The second-order valence-corrected chi connectivity index (χ2v) is 9.65. The van der Waals surface area contributed by atoms with Gasteiger partial charge in [-0.25, -0.2) is 4.99 Å². The largest absolute Gasteiger partial charge is 0.493 e. The Morgan fingerprint density at radius 3 is 2.74 bits per heavy atom. The van der Waals surface area contributed by atoms with E-state index in [-0.39, 0.29) is 11.8 Å². The van der Waals surface area contributed by atoms with Crippen molar-refractivity contribution in [3.63, 3.8) is 0 Å². The summed E-state index contributed by atoms with van der Waals surface area (Å²) in [6, 6.07) is 10.9. The Balaban J connectivity index is 1.57. The third-order valence-corrected chi connectivity index (χ3v) is 7.11. The van der Waals surface area contributed by atoms with E-state index in [1.165, 1.54) is 16.7 Å². The van der Waals surface area contributed by atoms with E-state index in [9.17, 15) is 9.59 Å². The van der Waals surface area contributed by atoms with Gasteiger partial charge in [-0.15, -0.1) is 0 Å². The van der Waals surface area contributed by atoms with Crippen LogP contribution in [0.15, 0.2) is 50.8 Å². The number of rotatable bonds is 6. The minimum Gasteiger partial charge on any atom is -0.493 e. The van der Waals surface area contributed by atoms with Crippen LogP contribution in [0.25, 0.3) is 6.08 Å². The highest BCUT2D eigenvalue weighted by Crippen LogP contribution is 2.39. The highest BCUT2D eigenvalue weighted by atomic mass is 79.9. The molecule has 2 saturated heterocycles. The van der Waals surface area contributed by atoms with Gasteiger partial charge in [0.2, 0.25) is 0 Å². The highest BCUT2D eigenvalue weighted by Gasteiger charge is 2.30. The molecular weight excluding hydrogens is 534 g/mol. The Morgan fingerprint density at radius 1 is 1.26 bits per heavy atom. The lowest BCUT2D eigenvalue weighted by Crippen LogP contribution is -2.40. The molecule has 0 bridgehead atoms. The molecule has 0 N–H and O–H groups in total. The van der Waals surface area contributed by atoms with Crippen LogP contribution >= 0.6 is 27.7 Å². The fraction of sp³-hybridized carbons (Fsp3) is 0.320. The number of hydrogen-bond donors (Lipinski definition) is 0. The normalized spacial score (nSPS) is 18.5. The SMILES string of the molecule is CCOc1c(Br)cc(/C=C2/SC(=Nc3cccc(C(=O)N4CCOCC4)c3)N(C)C2=O)cc1OC. The van der Waals surface area contributed by atoms with E-state index < -0.39 is 0 Å². The van der Waals surface area contributed by atoms with Gasteiger partial charge in [0.05, 0.1) is 42.0 Å². The number of carbonyl (C=O) groups excluding carboxylic acids is 2. The summed E-state index contributed by atoms with van der Waals surface area (Å²) in [5.41, 5.74) is 1.96. The van der Waals surface area contributed by atoms with Gasteiger partial charge in [0.25, 0.3) is 11.8 Å². The van der Waals surface area contributed by atoms with E-state index in [0.29, 0.717) is 65.7 Å². The molecule has 4 rings (SSSR count). The summed E-state index contributed by atoms with van der Waals surface area (Å²) in [6.45, 7) is 4.65. The molecule has 2 aromatic carbocycles. The summed E-state index contributed by atoms with van der Waals surface area (Å²) < 4.78 is 17.2. The van der Waals surface area contributed by atoms with Crippen LogP contribution in [-0.4, -0.2) is 73.8 Å². The van der Waals surface area contributed by atoms with Crippen molar-refractivity contribution in [2.45, 2.75) is 6.92 Å². The Morgan fingerprint density at radius 2 is 2.03 bits per heavy atom. The van der Waals surface area contributed by atoms with Gasteiger partial charge < -0.3 is 19.1 Å². The van der Waals surface area contributed by atoms with Crippen LogP contribution < -0.4 is 9.47 Å². The van der Waals surface area contributed by atoms with Crippen molar-refractivity contribution in [3.8, 4) is 11.5 Å². The number of aliphatic imine (C=N–C) groups is 1. The third-order valence-electron chi connectivity index (χ3n) is 5.46. The maximum atomic E-state index is 12.9. The zero-order valence-electron chi connectivity index (χ0n) is 19.7. The maximum Gasteiger partial charge on any atom is 0.266 e. The van der Waals surface area contributed by atoms with Gasteiger partial charge in [-0.2, -0.15) is 0 Å². The van der Waals surface area contributed by atoms with Gasteiger partial charge in [0.1, 0.15) is 0 Å². The number of halogens is 1. The minimum atomic E-state index is -0.154. The van der Waals surface area contributed by atoms with Crippen molar-refractivity contribution in [1.29, 1.82) is 0 Å². The predicted octanol–water partition coefficient (Wildman–Crippen LogP) is 4.56. The van der Waals surface area contributed by atoms with Crippen molar-refractivity contribution < 1.29 is 23.8 Å². The van der Waals surface area contributed by atoms with E-state index in [4.69, 9.17) is 14.2 Å². The second-order valence-electron chi connectivity index (χ2n) is 7.79. The maximum absolute atomic E-state index is 12.9. The standard InChI is InChI=1S/C25H26BrN3O5S/c1-4-34-22-19(26)12-16(13-20(22)32-3)14-21-24(31)28(2)25(35-21)27-18-7-5-6-17(15-18)23(30)29-8-10-33-11-9-29/h5-7,12-15H,4,8-11H2,1-3H3/b21-14+,27-25?. The molecule has 8 nitrogen and oxygen atoms in total. The van der Waals surface area contributed by atoms with E-state index >= 15 is 0 Å². The van der Waals surface area contributed by atoms with Crippen LogP contribution in [0, 0.1) is 0 Å². The number of benzene rings is 2. The first kappa shape index (κ1) is 25.3. The molecule has 0 aliphatic carbocycles. The lowest BCUT2D eigenvalue weighted by Gasteiger charge is -2.26. The molecule has 0 unspecified atom stereocenters. The van der Waals surface area contributed by atoms with E-state index in [2.05, 4.69) is 20.9 Å². The number of ether oxygens (including phenoxy) is 3. The molecule has 10 heteroatoms. The van der Waals surface area contributed by atoms with Crippen LogP contribution in [0.2, 0.25) is 0 Å². The molecule has 2 aliphatic heterocycles. The molecule has 0 radical (unpaired) electrons. The molecule has 2 heterocycles. The van der Waals surface area contributed by atoms with Crippen LogP contribution in [-0.2, 0) is 9.53 Å². The molecule has 2 aromatic rings. The van der Waals surface area contributed by atoms with Crippen LogP contribution in [0.5, 0.6) is 11.5 Å². The number of thioether (sulfide) groups is 1. The van der Waals surface area contributed by atoms with Crippen molar-refractivity contribution in [3.05, 3.63) is 56.9 Å². The van der Waals surface area contributed by atoms with E-state index in [1.54, 1.807) is 43.3 Å². The molecule has 0 aromatic heterocycles. The number of hydrogen-bond acceptors (Lipinski definition) is 7. The smallest absolute Gasteiger partial charge is 0.266 e. The Labute approximate surface area is 217 Å². The molecule has 35 heavy (non-hydrogen) atoms. The molecule has 2 fully saturated rings. The second kappa shape index (κ2) is 11.3. The zero-order chi connectivity index (χ0) is 24.9. The van der Waals surface area contributed by atoms with Crippen molar-refractivity contribution >= 4 is 56.4 Å². The summed E-state index contributed by atoms with van der Waals surface area (Å²) in [4.78, 5) is 34.2. The van der Waals surface area contributed by atoms with Gasteiger partial charge in [-0.3, -0.25) is 14.5 Å². The fourth-order valence-electron chi connectivity index (χ4n) is 3.68. The van der Waals surface area contributed by atoms with E-state index in [1.807, 2.05) is 25.1 Å². The topological polar surface area (TPSA) is 80.7 Å². The molecule has 184 valence electrons. The van der Waals surface area contributed by atoms with Crippen LogP contribution in [0.4, 0.5) is 5.69 Å². The summed E-state index contributed by atoms with van der Waals surface area (Å²) >= 11 is 4.80. The molecule has 2 amide bonds. The van der Waals surface area contributed by atoms with Crippen molar-refractivity contribution in [2.75, 3.05) is 47.1 Å². The molecule has 0 saturated carbocycles. The summed E-state index contributed by atoms with van der Waals surface area (Å²) in [5.74, 6) is 0.994. The van der Waals surface area contributed by atoms with Crippen molar-refractivity contribution in [1.82, 2.24) is 9.80 Å². The van der Waals surface area contributed by atoms with Gasteiger partial charge in [0, 0.05) is 25.7 Å². The summed E-state index contributed by atoms with van der Waals surface area (Å²) in [7, 11) is 3.26. The van der Waals surface area contributed by atoms with Crippen LogP contribution in [0.1, 0.15) is 22.8 Å². The minimum absolute atomic E-state index is 0.0468. The molecule has 0 atom stereocenters. The Kier molecular flexibility index (Phi) is 8.15. The average Bonchev–Trinajstić information content (AvgIpc) is 3.13. The monoisotopic (exact) mass is 559 g/mol. The lowest BCUT2D eigenvalue weighted by atomic mass is 10.1. The molecule has 0 spiro atoms. The van der Waals surface area contributed by atoms with Gasteiger partial charge in [0.15, 0.2) is 16.7 Å². The third kappa shape index (κ3) is 5.71. The van der Waals surface area contributed by atoms with Crippen molar-refractivity contribution in [2.24, 2.45) is 4.99 Å². The summed E-state index contributed by atoms with van der Waals surface area (Å²) in [5, 5.41) is 0.536. The number of amides is 2. The number of carbonyl (C=O) groups is 2. The van der Waals surface area contributed by atoms with Crippen LogP contribution in [0.3, 0.4) is 0 Å². The zero-order valence-corrected chi connectivity index (χ0v) is 22.1. The number of morpholine rings is 1. The first-order valence-electron chi connectivity index (χ1n) is 11.1. The quantitative estimate of drug-likeness (QED) is 0.482. The number of amidine groups is 1. The first-order chi connectivity index (χ1) is 16.9. The predicted molar refractivity (Wildman–Crippen MR) is 140 cm³/mol. The average molecular weight is 560 g/mol. The van der Waals surface area contributed by atoms with Gasteiger partial charge >= 0.3 is 0 Å². The number of likely N-dealkylation sites (N-methyl/N-ethyl adjacent to an activating group) is 1. The molecule has 2 aliphatic rings. The molecular formula is C25H26BrN3O5S. The first-order valence-corrected chi connectivity index (χ1v) is 12.8. The fourth-order valence-corrected chi connectivity index (χ4v) is 5.24. The van der Waals surface area contributed by atoms with Gasteiger partial charge in [-0.05, 0) is 76.6 Å². The summed E-state index contributed by atoms with van der Waals surface area (Å²) in [6.07, 6.45) is 1.80. The lowest BCUT2D eigenvalue weighted by molar-refractivity contribution is -0.121. The number of nitrogens with zero attached hydrogens (tertiary/aromatic N) is 3. The highest BCUT2D eigenvalue weighted by molar-refractivity contribution is 9.10. The van der Waals surface area contributed by atoms with E-state index in [0.717, 1.165) is 10.0 Å². The van der Waals surface area contributed by atoms with Gasteiger partial charge in [-0.1, -0.05) is 6.07 Å². The Bertz CT molecular complexity index is 1190. The number of methoxy groups -OCH3 is 1. The Hall–Kier alpha value is -2.82.